The van der Waals surface area contributed by atoms with Crippen LogP contribution < -0.4 is 5.43 Å². The molecule has 1 atom stereocenters. The summed E-state index contributed by atoms with van der Waals surface area (Å²) < 4.78 is 4.82. The van der Waals surface area contributed by atoms with Crippen LogP contribution in [0.4, 0.5) is 0 Å². The highest BCUT2D eigenvalue weighted by molar-refractivity contribution is 5.60. The van der Waals surface area contributed by atoms with Crippen molar-refractivity contribution in [2.45, 2.75) is 12.5 Å². The molecular formula is C6H7N3O. The van der Waals surface area contributed by atoms with Gasteiger partial charge in [-0.05, 0) is 0 Å². The standard InChI is InChI=1S/C6H7N3O/c1-2-8-9-5(1)6-3-10-4-7-6/h2-5,9H,1H2. The molecule has 0 saturated heterocycles. The van der Waals surface area contributed by atoms with Crippen LogP contribution in [0.2, 0.25) is 0 Å². The van der Waals surface area contributed by atoms with Crippen LogP contribution in [0.15, 0.2) is 22.2 Å². The highest BCUT2D eigenvalue weighted by Crippen LogP contribution is 2.15. The molecule has 1 aliphatic heterocycles. The van der Waals surface area contributed by atoms with Gasteiger partial charge in [-0.3, -0.25) is 0 Å². The van der Waals surface area contributed by atoms with E-state index in [2.05, 4.69) is 15.5 Å². The zero-order chi connectivity index (χ0) is 6.81. The van der Waals surface area contributed by atoms with Crippen LogP contribution in [0, 0.1) is 0 Å². The van der Waals surface area contributed by atoms with Crippen molar-refractivity contribution in [2.24, 2.45) is 5.10 Å². The quantitative estimate of drug-likeness (QED) is 0.619. The Hall–Kier alpha value is -1.32. The number of nitrogens with zero attached hydrogens (tertiary/aromatic N) is 2. The van der Waals surface area contributed by atoms with Gasteiger partial charge in [0.25, 0.3) is 0 Å². The average molecular weight is 137 g/mol. The molecule has 0 aliphatic carbocycles. The summed E-state index contributed by atoms with van der Waals surface area (Å²) in [5, 5.41) is 3.86. The van der Waals surface area contributed by atoms with Gasteiger partial charge in [-0.25, -0.2) is 4.98 Å². The van der Waals surface area contributed by atoms with E-state index < -0.39 is 0 Å². The van der Waals surface area contributed by atoms with Crippen molar-refractivity contribution in [1.29, 1.82) is 0 Å². The number of hydrogen-bond acceptors (Lipinski definition) is 4. The van der Waals surface area contributed by atoms with Gasteiger partial charge in [0.1, 0.15) is 12.0 Å². The highest BCUT2D eigenvalue weighted by atomic mass is 16.3. The second-order valence-electron chi connectivity index (χ2n) is 2.14. The lowest BCUT2D eigenvalue weighted by atomic mass is 10.2. The van der Waals surface area contributed by atoms with Crippen LogP contribution in [0.3, 0.4) is 0 Å². The Labute approximate surface area is 57.9 Å². The molecule has 2 rings (SSSR count). The van der Waals surface area contributed by atoms with Crippen molar-refractivity contribution in [3.63, 3.8) is 0 Å². The van der Waals surface area contributed by atoms with Gasteiger partial charge >= 0.3 is 0 Å². The molecule has 1 aliphatic rings. The van der Waals surface area contributed by atoms with Crippen LogP contribution in [-0.4, -0.2) is 11.2 Å². The molecule has 0 saturated carbocycles. The Morgan fingerprint density at radius 1 is 1.70 bits per heavy atom. The summed E-state index contributed by atoms with van der Waals surface area (Å²) in [6.45, 7) is 0. The maximum Gasteiger partial charge on any atom is 0.180 e. The number of rotatable bonds is 1. The molecular weight excluding hydrogens is 130 g/mol. The molecule has 2 heterocycles. The Balaban J connectivity index is 2.14. The summed E-state index contributed by atoms with van der Waals surface area (Å²) in [7, 11) is 0. The molecule has 10 heavy (non-hydrogen) atoms. The summed E-state index contributed by atoms with van der Waals surface area (Å²) >= 11 is 0. The molecule has 1 aromatic rings. The number of hydrogen-bond donors (Lipinski definition) is 1. The maximum absolute atomic E-state index is 4.82. The van der Waals surface area contributed by atoms with Crippen molar-refractivity contribution < 1.29 is 4.42 Å². The Bertz CT molecular complexity index is 221. The minimum atomic E-state index is 0.221. The molecule has 52 valence electrons. The summed E-state index contributed by atoms with van der Waals surface area (Å²) in [6, 6.07) is 0.221. The van der Waals surface area contributed by atoms with Gasteiger partial charge in [0.2, 0.25) is 0 Å². The SMILES string of the molecule is C1=NNC(c2cocn2)C1. The Kier molecular flexibility index (Phi) is 1.16. The molecule has 1 N–H and O–H groups in total. The number of aromatic nitrogens is 1. The van der Waals surface area contributed by atoms with Gasteiger partial charge in [0.15, 0.2) is 6.39 Å². The Morgan fingerprint density at radius 3 is 3.30 bits per heavy atom. The topological polar surface area (TPSA) is 50.4 Å². The molecule has 0 amide bonds. The van der Waals surface area contributed by atoms with Gasteiger partial charge in [0, 0.05) is 12.6 Å². The second-order valence-corrected chi connectivity index (χ2v) is 2.14. The van der Waals surface area contributed by atoms with E-state index in [-0.39, 0.29) is 6.04 Å². The first-order valence-electron chi connectivity index (χ1n) is 3.12. The normalized spacial score (nSPS) is 23.0. The maximum atomic E-state index is 4.82. The molecule has 0 radical (unpaired) electrons. The average Bonchev–Trinajstić information content (AvgIpc) is 2.59. The van der Waals surface area contributed by atoms with Gasteiger partial charge in [-0.1, -0.05) is 0 Å². The lowest BCUT2D eigenvalue weighted by Crippen LogP contribution is -2.09. The van der Waals surface area contributed by atoms with Crippen LogP contribution in [-0.2, 0) is 0 Å². The first-order chi connectivity index (χ1) is 4.97. The monoisotopic (exact) mass is 137 g/mol. The molecule has 4 nitrogen and oxygen atoms in total. The van der Waals surface area contributed by atoms with Gasteiger partial charge in [-0.15, -0.1) is 0 Å². The molecule has 0 aromatic carbocycles. The predicted octanol–water partition coefficient (Wildman–Crippen LogP) is 0.695. The van der Waals surface area contributed by atoms with Crippen molar-refractivity contribution in [1.82, 2.24) is 10.4 Å². The van der Waals surface area contributed by atoms with E-state index in [1.807, 2.05) is 6.21 Å². The molecule has 1 aromatic heterocycles. The van der Waals surface area contributed by atoms with E-state index in [4.69, 9.17) is 4.42 Å². The van der Waals surface area contributed by atoms with Crippen molar-refractivity contribution in [2.75, 3.05) is 0 Å². The molecule has 0 fully saturated rings. The van der Waals surface area contributed by atoms with Gasteiger partial charge in [-0.2, -0.15) is 5.10 Å². The van der Waals surface area contributed by atoms with Crippen molar-refractivity contribution in [3.8, 4) is 0 Å². The number of oxazole rings is 1. The van der Waals surface area contributed by atoms with Crippen LogP contribution in [0.5, 0.6) is 0 Å². The zero-order valence-electron chi connectivity index (χ0n) is 5.32. The summed E-state index contributed by atoms with van der Waals surface area (Å²) in [6.07, 6.45) is 5.79. The Morgan fingerprint density at radius 2 is 2.70 bits per heavy atom. The van der Waals surface area contributed by atoms with Gasteiger partial charge < -0.3 is 9.84 Å². The van der Waals surface area contributed by atoms with Crippen LogP contribution in [0.1, 0.15) is 18.2 Å². The minimum absolute atomic E-state index is 0.221. The molecule has 0 spiro atoms. The van der Waals surface area contributed by atoms with Crippen molar-refractivity contribution >= 4 is 6.21 Å². The van der Waals surface area contributed by atoms with E-state index >= 15 is 0 Å². The van der Waals surface area contributed by atoms with Gasteiger partial charge in [0.05, 0.1) is 6.04 Å². The van der Waals surface area contributed by atoms with Crippen LogP contribution in [0.25, 0.3) is 0 Å². The molecule has 4 heteroatoms. The third-order valence-electron chi connectivity index (χ3n) is 1.47. The van der Waals surface area contributed by atoms with E-state index in [1.165, 1.54) is 6.39 Å². The third kappa shape index (κ3) is 0.775. The summed E-state index contributed by atoms with van der Waals surface area (Å²) in [5.41, 5.74) is 3.82. The van der Waals surface area contributed by atoms with E-state index in [9.17, 15) is 0 Å². The molecule has 1 unspecified atom stereocenters. The first-order valence-corrected chi connectivity index (χ1v) is 3.12. The third-order valence-corrected chi connectivity index (χ3v) is 1.47. The fourth-order valence-corrected chi connectivity index (χ4v) is 0.934. The zero-order valence-corrected chi connectivity index (χ0v) is 5.32. The largest absolute Gasteiger partial charge is 0.451 e. The fraction of sp³-hybridized carbons (Fsp3) is 0.333. The second kappa shape index (κ2) is 2.13. The fourth-order valence-electron chi connectivity index (χ4n) is 0.934. The molecule has 0 bridgehead atoms. The highest BCUT2D eigenvalue weighted by Gasteiger charge is 2.14. The number of hydrazone groups is 1. The lowest BCUT2D eigenvalue weighted by molar-refractivity contribution is 0.548. The van der Waals surface area contributed by atoms with Crippen molar-refractivity contribution in [3.05, 3.63) is 18.4 Å². The first kappa shape index (κ1) is 5.46. The lowest BCUT2D eigenvalue weighted by Gasteiger charge is -2.02. The van der Waals surface area contributed by atoms with E-state index in [1.54, 1.807) is 6.26 Å². The number of nitrogens with one attached hydrogen (secondary N) is 1. The van der Waals surface area contributed by atoms with E-state index in [0.717, 1.165) is 12.1 Å². The minimum Gasteiger partial charge on any atom is -0.451 e. The van der Waals surface area contributed by atoms with E-state index in [0.29, 0.717) is 0 Å². The summed E-state index contributed by atoms with van der Waals surface area (Å²) in [5.74, 6) is 0. The summed E-state index contributed by atoms with van der Waals surface area (Å²) in [4.78, 5) is 3.99. The smallest absolute Gasteiger partial charge is 0.180 e. The van der Waals surface area contributed by atoms with Crippen LogP contribution >= 0.6 is 0 Å². The predicted molar refractivity (Wildman–Crippen MR) is 35.5 cm³/mol.